The standard InChI is InChI=1S/C22H14N4OS/c27-21(19-12-23-17-7-3-4-8-18(17)24-19)26-22-25-20(13-28-22)16-10-9-14-5-1-2-6-15(14)11-16/h1-13H,(H,25,26,27). The molecule has 0 spiro atoms. The van der Waals surface area contributed by atoms with E-state index in [2.05, 4.69) is 44.5 Å². The van der Waals surface area contributed by atoms with Gasteiger partial charge in [0, 0.05) is 10.9 Å². The third kappa shape index (κ3) is 3.10. The van der Waals surface area contributed by atoms with Crippen LogP contribution in [0.3, 0.4) is 0 Å². The second-order valence-electron chi connectivity index (χ2n) is 6.30. The van der Waals surface area contributed by atoms with Gasteiger partial charge in [-0.15, -0.1) is 11.3 Å². The molecule has 1 N–H and O–H groups in total. The predicted octanol–water partition coefficient (Wildman–Crippen LogP) is 5.16. The average molecular weight is 382 g/mol. The number of anilines is 1. The second kappa shape index (κ2) is 6.83. The van der Waals surface area contributed by atoms with Gasteiger partial charge in [-0.2, -0.15) is 0 Å². The van der Waals surface area contributed by atoms with Gasteiger partial charge in [0.25, 0.3) is 5.91 Å². The van der Waals surface area contributed by atoms with Crippen LogP contribution >= 0.6 is 11.3 Å². The van der Waals surface area contributed by atoms with Crippen molar-refractivity contribution in [3.63, 3.8) is 0 Å². The van der Waals surface area contributed by atoms with Crippen LogP contribution in [-0.2, 0) is 0 Å². The van der Waals surface area contributed by atoms with Crippen molar-refractivity contribution in [2.45, 2.75) is 0 Å². The fraction of sp³-hybridized carbons (Fsp3) is 0. The van der Waals surface area contributed by atoms with Crippen LogP contribution in [-0.4, -0.2) is 20.9 Å². The van der Waals surface area contributed by atoms with Gasteiger partial charge in [-0.1, -0.05) is 48.5 Å². The summed E-state index contributed by atoms with van der Waals surface area (Å²) >= 11 is 1.39. The molecule has 0 radical (unpaired) electrons. The van der Waals surface area contributed by atoms with Gasteiger partial charge in [-0.3, -0.25) is 15.1 Å². The van der Waals surface area contributed by atoms with Crippen molar-refractivity contribution in [2.75, 3.05) is 5.32 Å². The Bertz CT molecular complexity index is 1330. The fourth-order valence-electron chi connectivity index (χ4n) is 3.04. The number of fused-ring (bicyclic) bond motifs is 2. The maximum Gasteiger partial charge on any atom is 0.277 e. The molecule has 2 heterocycles. The zero-order chi connectivity index (χ0) is 18.9. The monoisotopic (exact) mass is 382 g/mol. The maximum atomic E-state index is 12.5. The Balaban J connectivity index is 1.39. The van der Waals surface area contributed by atoms with E-state index >= 15 is 0 Å². The molecule has 134 valence electrons. The molecule has 5 aromatic rings. The van der Waals surface area contributed by atoms with Gasteiger partial charge in [0.15, 0.2) is 5.13 Å². The molecule has 1 amide bonds. The third-order valence-corrected chi connectivity index (χ3v) is 5.21. The third-order valence-electron chi connectivity index (χ3n) is 4.45. The van der Waals surface area contributed by atoms with E-state index in [1.54, 1.807) is 0 Å². The van der Waals surface area contributed by atoms with Crippen LogP contribution in [0.2, 0.25) is 0 Å². The molecule has 28 heavy (non-hydrogen) atoms. The minimum atomic E-state index is -0.322. The molecule has 0 unspecified atom stereocenters. The van der Waals surface area contributed by atoms with Crippen molar-refractivity contribution in [3.05, 3.63) is 84.0 Å². The number of rotatable bonds is 3. The van der Waals surface area contributed by atoms with Crippen molar-refractivity contribution in [1.29, 1.82) is 0 Å². The first-order chi connectivity index (χ1) is 13.8. The summed E-state index contributed by atoms with van der Waals surface area (Å²) in [5.74, 6) is -0.322. The van der Waals surface area contributed by atoms with Crippen molar-refractivity contribution in [1.82, 2.24) is 15.0 Å². The van der Waals surface area contributed by atoms with E-state index in [1.807, 2.05) is 47.8 Å². The van der Waals surface area contributed by atoms with Crippen LogP contribution in [0.4, 0.5) is 5.13 Å². The van der Waals surface area contributed by atoms with E-state index in [0.717, 1.165) is 22.2 Å². The van der Waals surface area contributed by atoms with E-state index in [4.69, 9.17) is 0 Å². The Morgan fingerprint density at radius 1 is 0.857 bits per heavy atom. The SMILES string of the molecule is O=C(Nc1nc(-c2ccc3ccccc3c2)cs1)c1cnc2ccccc2n1. The molecule has 2 aromatic heterocycles. The van der Waals surface area contributed by atoms with E-state index in [-0.39, 0.29) is 11.6 Å². The highest BCUT2D eigenvalue weighted by molar-refractivity contribution is 7.14. The van der Waals surface area contributed by atoms with Crippen LogP contribution in [0, 0.1) is 0 Å². The zero-order valence-corrected chi connectivity index (χ0v) is 15.5. The van der Waals surface area contributed by atoms with Crippen LogP contribution in [0.15, 0.2) is 78.3 Å². The van der Waals surface area contributed by atoms with Gasteiger partial charge in [-0.05, 0) is 29.0 Å². The Morgan fingerprint density at radius 3 is 2.54 bits per heavy atom. The lowest BCUT2D eigenvalue weighted by Crippen LogP contribution is -2.14. The maximum absolute atomic E-state index is 12.5. The highest BCUT2D eigenvalue weighted by Crippen LogP contribution is 2.28. The van der Waals surface area contributed by atoms with Crippen molar-refractivity contribution in [2.24, 2.45) is 0 Å². The lowest BCUT2D eigenvalue weighted by molar-refractivity contribution is 0.102. The summed E-state index contributed by atoms with van der Waals surface area (Å²) in [6.07, 6.45) is 1.48. The minimum Gasteiger partial charge on any atom is -0.296 e. The molecule has 0 bridgehead atoms. The Kier molecular flexibility index (Phi) is 4.03. The first-order valence-electron chi connectivity index (χ1n) is 8.74. The number of amides is 1. The van der Waals surface area contributed by atoms with Crippen LogP contribution in [0.5, 0.6) is 0 Å². The van der Waals surface area contributed by atoms with Crippen molar-refractivity contribution >= 4 is 44.2 Å². The van der Waals surface area contributed by atoms with Gasteiger partial charge >= 0.3 is 0 Å². The number of nitrogens with one attached hydrogen (secondary N) is 1. The number of para-hydroxylation sites is 2. The van der Waals surface area contributed by atoms with Crippen molar-refractivity contribution in [3.8, 4) is 11.3 Å². The number of aromatic nitrogens is 3. The number of thiazole rings is 1. The number of hydrogen-bond acceptors (Lipinski definition) is 5. The first-order valence-corrected chi connectivity index (χ1v) is 9.62. The van der Waals surface area contributed by atoms with Gasteiger partial charge in [0.1, 0.15) is 5.69 Å². The molecule has 0 aliphatic carbocycles. The predicted molar refractivity (Wildman–Crippen MR) is 113 cm³/mol. The lowest BCUT2D eigenvalue weighted by Gasteiger charge is -2.03. The van der Waals surface area contributed by atoms with E-state index in [9.17, 15) is 4.79 Å². The largest absolute Gasteiger partial charge is 0.296 e. The molecular formula is C22H14N4OS. The molecule has 0 saturated carbocycles. The molecule has 5 nitrogen and oxygen atoms in total. The number of hydrogen-bond donors (Lipinski definition) is 1. The molecule has 0 saturated heterocycles. The Morgan fingerprint density at radius 2 is 1.64 bits per heavy atom. The number of carbonyl (C=O) groups excluding carboxylic acids is 1. The van der Waals surface area contributed by atoms with E-state index in [0.29, 0.717) is 10.6 Å². The molecule has 6 heteroatoms. The quantitative estimate of drug-likeness (QED) is 0.468. The summed E-state index contributed by atoms with van der Waals surface area (Å²) in [6, 6.07) is 21.9. The number of nitrogens with zero attached hydrogens (tertiary/aromatic N) is 3. The molecular weight excluding hydrogens is 368 g/mol. The molecule has 3 aromatic carbocycles. The fourth-order valence-corrected chi connectivity index (χ4v) is 3.75. The summed E-state index contributed by atoms with van der Waals surface area (Å²) in [6.45, 7) is 0. The molecule has 0 atom stereocenters. The number of carbonyl (C=O) groups is 1. The summed E-state index contributed by atoms with van der Waals surface area (Å²) in [5, 5.41) is 7.63. The van der Waals surface area contributed by atoms with Gasteiger partial charge in [0.2, 0.25) is 0 Å². The van der Waals surface area contributed by atoms with Crippen molar-refractivity contribution < 1.29 is 4.79 Å². The summed E-state index contributed by atoms with van der Waals surface area (Å²) in [7, 11) is 0. The highest BCUT2D eigenvalue weighted by atomic mass is 32.1. The van der Waals surface area contributed by atoms with Crippen LogP contribution in [0.1, 0.15) is 10.5 Å². The Hall–Kier alpha value is -3.64. The van der Waals surface area contributed by atoms with Gasteiger partial charge in [-0.25, -0.2) is 9.97 Å². The van der Waals surface area contributed by atoms with Gasteiger partial charge in [0.05, 0.1) is 22.9 Å². The molecule has 0 aliphatic heterocycles. The van der Waals surface area contributed by atoms with Gasteiger partial charge < -0.3 is 0 Å². The second-order valence-corrected chi connectivity index (χ2v) is 7.16. The smallest absolute Gasteiger partial charge is 0.277 e. The molecule has 0 fully saturated rings. The van der Waals surface area contributed by atoms with Crippen LogP contribution in [0.25, 0.3) is 33.1 Å². The minimum absolute atomic E-state index is 0.265. The summed E-state index contributed by atoms with van der Waals surface area (Å²) < 4.78 is 0. The average Bonchev–Trinajstić information content (AvgIpc) is 3.21. The number of benzene rings is 3. The van der Waals surface area contributed by atoms with E-state index < -0.39 is 0 Å². The normalized spacial score (nSPS) is 11.0. The highest BCUT2D eigenvalue weighted by Gasteiger charge is 2.12. The van der Waals surface area contributed by atoms with Crippen LogP contribution < -0.4 is 5.32 Å². The van der Waals surface area contributed by atoms with E-state index in [1.165, 1.54) is 22.9 Å². The molecule has 5 rings (SSSR count). The first kappa shape index (κ1) is 16.5. The lowest BCUT2D eigenvalue weighted by atomic mass is 10.1. The zero-order valence-electron chi connectivity index (χ0n) is 14.7. The molecule has 0 aliphatic rings. The summed E-state index contributed by atoms with van der Waals surface area (Å²) in [5.41, 5.74) is 3.55. The Labute approximate surface area is 164 Å². The summed E-state index contributed by atoms with van der Waals surface area (Å²) in [4.78, 5) is 25.7. The topological polar surface area (TPSA) is 67.8 Å².